The molecule has 10 heteroatoms. The predicted octanol–water partition coefficient (Wildman–Crippen LogP) is 3.30. The maximum Gasteiger partial charge on any atom is 0.262 e. The summed E-state index contributed by atoms with van der Waals surface area (Å²) >= 11 is 0. The molecule has 0 aliphatic carbocycles. The number of rotatable bonds is 9. The molecule has 0 radical (unpaired) electrons. The number of aromatic nitrogens is 2. The van der Waals surface area contributed by atoms with Crippen LogP contribution in [0.5, 0.6) is 11.5 Å². The van der Waals surface area contributed by atoms with Crippen molar-refractivity contribution in [3.63, 3.8) is 0 Å². The van der Waals surface area contributed by atoms with E-state index < -0.39 is 15.9 Å². The van der Waals surface area contributed by atoms with E-state index >= 15 is 0 Å². The van der Waals surface area contributed by atoms with Gasteiger partial charge in [-0.25, -0.2) is 13.4 Å². The number of nitrogens with zero attached hydrogens (tertiary/aromatic N) is 3. The summed E-state index contributed by atoms with van der Waals surface area (Å²) in [7, 11) is -3.77. The van der Waals surface area contributed by atoms with Crippen LogP contribution >= 0.6 is 0 Å². The average Bonchev–Trinajstić information content (AvgIpc) is 3.28. The molecule has 0 spiro atoms. The number of anilines is 1. The van der Waals surface area contributed by atoms with Crippen LogP contribution in [0.1, 0.15) is 46.6 Å². The minimum Gasteiger partial charge on any atom is -0.494 e. The highest BCUT2D eigenvalue weighted by Crippen LogP contribution is 2.31. The second-order valence-corrected chi connectivity index (χ2v) is 9.85. The molecule has 1 saturated heterocycles. The summed E-state index contributed by atoms with van der Waals surface area (Å²) in [5.41, 5.74) is 0.512. The number of hydrogen-bond acceptors (Lipinski definition) is 6. The van der Waals surface area contributed by atoms with Gasteiger partial charge in [-0.3, -0.25) is 4.79 Å². The number of amides is 1. The lowest BCUT2D eigenvalue weighted by Gasteiger charge is -2.30. The maximum absolute atomic E-state index is 13.1. The Bertz CT molecular complexity index is 1030. The van der Waals surface area contributed by atoms with Gasteiger partial charge in [-0.05, 0) is 52.7 Å². The van der Waals surface area contributed by atoms with Crippen molar-refractivity contribution in [1.82, 2.24) is 13.9 Å². The number of carbonyl (C=O) groups excluding carboxylic acids is 1. The SMILES string of the molecule is CCOc1ccc(OCC)c(NC(=O)[C@@H]2CCCN(S(=O)(=O)c3cn(C(C)C)cn3)C2)c1. The van der Waals surface area contributed by atoms with Gasteiger partial charge < -0.3 is 19.4 Å². The molecule has 1 aliphatic heterocycles. The molecule has 1 aliphatic rings. The second-order valence-electron chi connectivity index (χ2n) is 7.97. The van der Waals surface area contributed by atoms with E-state index in [2.05, 4.69) is 10.3 Å². The van der Waals surface area contributed by atoms with Gasteiger partial charge in [-0.1, -0.05) is 0 Å². The van der Waals surface area contributed by atoms with E-state index in [4.69, 9.17) is 9.47 Å². The first-order valence-electron chi connectivity index (χ1n) is 11.0. The van der Waals surface area contributed by atoms with Crippen molar-refractivity contribution in [2.24, 2.45) is 5.92 Å². The quantitative estimate of drug-likeness (QED) is 0.611. The van der Waals surface area contributed by atoms with Gasteiger partial charge in [0.15, 0.2) is 5.03 Å². The highest BCUT2D eigenvalue weighted by molar-refractivity contribution is 7.89. The zero-order chi connectivity index (χ0) is 23.3. The Morgan fingerprint density at radius 3 is 2.66 bits per heavy atom. The fraction of sp³-hybridized carbons (Fsp3) is 0.545. The Morgan fingerprint density at radius 2 is 2.00 bits per heavy atom. The molecule has 3 rings (SSSR count). The Balaban J connectivity index is 1.75. The van der Waals surface area contributed by atoms with Crippen molar-refractivity contribution in [3.8, 4) is 11.5 Å². The van der Waals surface area contributed by atoms with Crippen LogP contribution in [0.25, 0.3) is 0 Å². The van der Waals surface area contributed by atoms with E-state index in [9.17, 15) is 13.2 Å². The number of benzene rings is 1. The molecule has 1 aromatic heterocycles. The summed E-state index contributed by atoms with van der Waals surface area (Å²) in [6.45, 7) is 9.09. The summed E-state index contributed by atoms with van der Waals surface area (Å²) in [6.07, 6.45) is 4.26. The molecule has 2 aromatic rings. The highest BCUT2D eigenvalue weighted by atomic mass is 32.2. The van der Waals surface area contributed by atoms with Crippen LogP contribution in [0.2, 0.25) is 0 Å². The molecule has 0 bridgehead atoms. The zero-order valence-electron chi connectivity index (χ0n) is 19.1. The number of ether oxygens (including phenoxy) is 2. The fourth-order valence-corrected chi connectivity index (χ4v) is 5.07. The molecule has 0 saturated carbocycles. The van der Waals surface area contributed by atoms with Crippen LogP contribution in [0.3, 0.4) is 0 Å². The molecule has 2 heterocycles. The molecule has 0 unspecified atom stereocenters. The van der Waals surface area contributed by atoms with E-state index in [-0.39, 0.29) is 23.5 Å². The predicted molar refractivity (Wildman–Crippen MR) is 122 cm³/mol. The third-order valence-corrected chi connectivity index (χ3v) is 7.10. The van der Waals surface area contributed by atoms with Crippen molar-refractivity contribution in [2.75, 3.05) is 31.6 Å². The molecular weight excluding hydrogens is 432 g/mol. The molecule has 1 fully saturated rings. The summed E-state index contributed by atoms with van der Waals surface area (Å²) in [4.78, 5) is 17.1. The Hall–Kier alpha value is -2.59. The lowest BCUT2D eigenvalue weighted by atomic mass is 9.98. The van der Waals surface area contributed by atoms with E-state index in [1.807, 2.05) is 27.7 Å². The zero-order valence-corrected chi connectivity index (χ0v) is 19.9. The van der Waals surface area contributed by atoms with Crippen LogP contribution in [0, 0.1) is 5.92 Å². The summed E-state index contributed by atoms with van der Waals surface area (Å²) in [5.74, 6) is 0.451. The van der Waals surface area contributed by atoms with Gasteiger partial charge >= 0.3 is 0 Å². The van der Waals surface area contributed by atoms with Crippen LogP contribution in [0.15, 0.2) is 35.7 Å². The Labute approximate surface area is 189 Å². The fourth-order valence-electron chi connectivity index (χ4n) is 3.62. The van der Waals surface area contributed by atoms with Gasteiger partial charge in [0.2, 0.25) is 5.91 Å². The van der Waals surface area contributed by atoms with Crippen molar-refractivity contribution in [3.05, 3.63) is 30.7 Å². The van der Waals surface area contributed by atoms with E-state index in [0.29, 0.717) is 49.8 Å². The number of hydrogen-bond donors (Lipinski definition) is 1. The van der Waals surface area contributed by atoms with Crippen molar-refractivity contribution in [1.29, 1.82) is 0 Å². The molecule has 1 N–H and O–H groups in total. The molecule has 176 valence electrons. The maximum atomic E-state index is 13.1. The van der Waals surface area contributed by atoms with Crippen LogP contribution in [0.4, 0.5) is 5.69 Å². The summed E-state index contributed by atoms with van der Waals surface area (Å²) in [6, 6.07) is 5.38. The minimum absolute atomic E-state index is 0.00954. The Morgan fingerprint density at radius 1 is 1.25 bits per heavy atom. The van der Waals surface area contributed by atoms with E-state index in [1.165, 1.54) is 16.8 Å². The number of piperidine rings is 1. The molecule has 1 aromatic carbocycles. The number of nitrogens with one attached hydrogen (secondary N) is 1. The first-order valence-corrected chi connectivity index (χ1v) is 12.4. The molecular formula is C22H32N4O5S. The van der Waals surface area contributed by atoms with E-state index in [1.54, 1.807) is 22.8 Å². The minimum atomic E-state index is -3.77. The number of carbonyl (C=O) groups is 1. The van der Waals surface area contributed by atoms with Gasteiger partial charge in [0.05, 0.1) is 31.1 Å². The van der Waals surface area contributed by atoms with Crippen molar-refractivity contribution >= 4 is 21.6 Å². The first-order chi connectivity index (χ1) is 15.3. The highest BCUT2D eigenvalue weighted by Gasteiger charge is 2.35. The molecule has 9 nitrogen and oxygen atoms in total. The average molecular weight is 465 g/mol. The van der Waals surface area contributed by atoms with Gasteiger partial charge in [-0.2, -0.15) is 4.31 Å². The van der Waals surface area contributed by atoms with Gasteiger partial charge in [0.25, 0.3) is 10.0 Å². The van der Waals surface area contributed by atoms with Crippen LogP contribution in [-0.4, -0.2) is 54.5 Å². The van der Waals surface area contributed by atoms with Crippen molar-refractivity contribution in [2.45, 2.75) is 51.6 Å². The molecule has 1 atom stereocenters. The van der Waals surface area contributed by atoms with Gasteiger partial charge in [-0.15, -0.1) is 0 Å². The standard InChI is InChI=1S/C22H32N4O5S/c1-5-30-18-9-10-20(31-6-2)19(12-18)24-22(27)17-8-7-11-26(13-17)32(28,29)21-14-25(15-23-21)16(3)4/h9-10,12,14-17H,5-8,11,13H2,1-4H3,(H,24,27)/t17-/m1/s1. The third kappa shape index (κ3) is 5.42. The molecule has 1 amide bonds. The molecule has 32 heavy (non-hydrogen) atoms. The second kappa shape index (κ2) is 10.4. The monoisotopic (exact) mass is 464 g/mol. The van der Waals surface area contributed by atoms with Gasteiger partial charge in [0, 0.05) is 31.4 Å². The Kier molecular flexibility index (Phi) is 7.78. The van der Waals surface area contributed by atoms with Gasteiger partial charge in [0.1, 0.15) is 11.5 Å². The van der Waals surface area contributed by atoms with Crippen LogP contribution < -0.4 is 14.8 Å². The van der Waals surface area contributed by atoms with Crippen molar-refractivity contribution < 1.29 is 22.7 Å². The summed E-state index contributed by atoms with van der Waals surface area (Å²) in [5, 5.41) is 2.92. The number of imidazole rings is 1. The third-order valence-electron chi connectivity index (χ3n) is 5.35. The topological polar surface area (TPSA) is 103 Å². The number of sulfonamides is 1. The van der Waals surface area contributed by atoms with E-state index in [0.717, 1.165) is 0 Å². The lowest BCUT2D eigenvalue weighted by molar-refractivity contribution is -0.120. The summed E-state index contributed by atoms with van der Waals surface area (Å²) < 4.78 is 40.4. The first kappa shape index (κ1) is 24.1. The largest absolute Gasteiger partial charge is 0.494 e. The smallest absolute Gasteiger partial charge is 0.262 e. The normalized spacial score (nSPS) is 17.3. The van der Waals surface area contributed by atoms with Crippen LogP contribution in [-0.2, 0) is 14.8 Å². The lowest BCUT2D eigenvalue weighted by Crippen LogP contribution is -2.43.